The average molecular weight is 346 g/mol. The van der Waals surface area contributed by atoms with E-state index < -0.39 is 11.9 Å². The number of rotatable bonds is 4. The Kier molecular flexibility index (Phi) is 3.71. The standard InChI is InChI=1S/C16H18N4O3S/c1-8(12(21)17-16-19-18-13(24-16)9-6-7-9)20-14(22)10-4-2-3-5-11(10)15(20)23/h2-3,8-11H,4-7H2,1H3,(H,17,19,21)/t8-,10+,11+/m0/s1. The number of carbonyl (C=O) groups is 3. The normalized spacial score (nSPS) is 27.3. The Labute approximate surface area is 143 Å². The van der Waals surface area contributed by atoms with E-state index in [1.165, 1.54) is 11.3 Å². The zero-order chi connectivity index (χ0) is 16.8. The predicted octanol–water partition coefficient (Wildman–Crippen LogP) is 1.69. The molecule has 7 nitrogen and oxygen atoms in total. The summed E-state index contributed by atoms with van der Waals surface area (Å²) in [6, 6.07) is -0.844. The monoisotopic (exact) mass is 346 g/mol. The van der Waals surface area contributed by atoms with Crippen LogP contribution in [0.1, 0.15) is 43.5 Å². The lowest BCUT2D eigenvalue weighted by atomic mass is 9.85. The number of hydrogen-bond acceptors (Lipinski definition) is 6. The Balaban J connectivity index is 1.46. The Morgan fingerprint density at radius 1 is 1.21 bits per heavy atom. The zero-order valence-electron chi connectivity index (χ0n) is 13.3. The van der Waals surface area contributed by atoms with Gasteiger partial charge in [-0.1, -0.05) is 23.5 Å². The fourth-order valence-corrected chi connectivity index (χ4v) is 4.23. The molecule has 0 radical (unpaired) electrons. The maximum atomic E-state index is 12.5. The second-order valence-corrected chi connectivity index (χ2v) is 7.60. The molecule has 3 amide bonds. The van der Waals surface area contributed by atoms with Gasteiger partial charge in [-0.25, -0.2) is 0 Å². The molecule has 3 aliphatic rings. The molecule has 1 aromatic rings. The molecular formula is C16H18N4O3S. The van der Waals surface area contributed by atoms with Crippen molar-refractivity contribution in [1.29, 1.82) is 0 Å². The van der Waals surface area contributed by atoms with Crippen LogP contribution >= 0.6 is 11.3 Å². The molecule has 126 valence electrons. The molecule has 2 heterocycles. The molecule has 24 heavy (non-hydrogen) atoms. The van der Waals surface area contributed by atoms with Crippen LogP contribution < -0.4 is 5.32 Å². The molecule has 0 spiro atoms. The van der Waals surface area contributed by atoms with Crippen LogP contribution in [0.15, 0.2) is 12.2 Å². The first-order chi connectivity index (χ1) is 11.6. The number of imide groups is 1. The van der Waals surface area contributed by atoms with Gasteiger partial charge in [-0.05, 0) is 32.6 Å². The van der Waals surface area contributed by atoms with Crippen LogP contribution in [0.5, 0.6) is 0 Å². The summed E-state index contributed by atoms with van der Waals surface area (Å²) >= 11 is 1.36. The SMILES string of the molecule is C[C@@H](C(=O)Nc1nnc(C2CC2)s1)N1C(=O)[C@@H]2CC=CC[C@H]2C1=O. The minimum Gasteiger partial charge on any atom is -0.299 e. The zero-order valence-corrected chi connectivity index (χ0v) is 14.1. The van der Waals surface area contributed by atoms with Crippen molar-refractivity contribution in [3.63, 3.8) is 0 Å². The summed E-state index contributed by atoms with van der Waals surface area (Å²) in [5, 5.41) is 12.1. The number of nitrogens with zero attached hydrogens (tertiary/aromatic N) is 3. The largest absolute Gasteiger partial charge is 0.299 e. The van der Waals surface area contributed by atoms with Crippen molar-refractivity contribution in [3.8, 4) is 0 Å². The smallest absolute Gasteiger partial charge is 0.249 e. The van der Waals surface area contributed by atoms with Crippen molar-refractivity contribution in [2.75, 3.05) is 5.32 Å². The van der Waals surface area contributed by atoms with Crippen LogP contribution in [0.4, 0.5) is 5.13 Å². The van der Waals surface area contributed by atoms with Gasteiger partial charge in [0.1, 0.15) is 11.0 Å². The van der Waals surface area contributed by atoms with E-state index in [4.69, 9.17) is 0 Å². The molecule has 1 N–H and O–H groups in total. The number of hydrogen-bond donors (Lipinski definition) is 1. The molecule has 0 bridgehead atoms. The minimum absolute atomic E-state index is 0.243. The third-order valence-electron chi connectivity index (χ3n) is 4.91. The molecule has 2 aliphatic carbocycles. The number of aromatic nitrogens is 2. The lowest BCUT2D eigenvalue weighted by molar-refractivity contribution is -0.146. The number of amides is 3. The summed E-state index contributed by atoms with van der Waals surface area (Å²) in [6.07, 6.45) is 7.24. The summed E-state index contributed by atoms with van der Waals surface area (Å²) in [5.74, 6) is -1.05. The molecule has 1 aromatic heterocycles. The molecule has 0 aromatic carbocycles. The molecule has 8 heteroatoms. The van der Waals surface area contributed by atoms with E-state index >= 15 is 0 Å². The highest BCUT2D eigenvalue weighted by molar-refractivity contribution is 7.15. The molecule has 0 unspecified atom stereocenters. The van der Waals surface area contributed by atoms with Gasteiger partial charge in [-0.15, -0.1) is 10.2 Å². The number of anilines is 1. The van der Waals surface area contributed by atoms with Crippen LogP contribution in [-0.2, 0) is 14.4 Å². The van der Waals surface area contributed by atoms with Gasteiger partial charge in [0.15, 0.2) is 0 Å². The highest BCUT2D eigenvalue weighted by Gasteiger charge is 2.50. The van der Waals surface area contributed by atoms with Crippen LogP contribution in [0.25, 0.3) is 0 Å². The van der Waals surface area contributed by atoms with E-state index in [0.717, 1.165) is 22.7 Å². The first-order valence-electron chi connectivity index (χ1n) is 8.22. The number of allylic oxidation sites excluding steroid dienone is 2. The topological polar surface area (TPSA) is 92.3 Å². The van der Waals surface area contributed by atoms with Gasteiger partial charge in [0.05, 0.1) is 11.8 Å². The van der Waals surface area contributed by atoms with Crippen molar-refractivity contribution in [2.24, 2.45) is 11.8 Å². The van der Waals surface area contributed by atoms with E-state index in [0.29, 0.717) is 23.9 Å². The molecular weight excluding hydrogens is 328 g/mol. The van der Waals surface area contributed by atoms with Crippen molar-refractivity contribution in [3.05, 3.63) is 17.2 Å². The maximum Gasteiger partial charge on any atom is 0.249 e. The summed E-state index contributed by atoms with van der Waals surface area (Å²) in [5.41, 5.74) is 0. The van der Waals surface area contributed by atoms with Crippen molar-refractivity contribution < 1.29 is 14.4 Å². The van der Waals surface area contributed by atoms with Crippen LogP contribution in [0, 0.1) is 11.8 Å². The van der Waals surface area contributed by atoms with Crippen molar-refractivity contribution >= 4 is 34.2 Å². The highest BCUT2D eigenvalue weighted by Crippen LogP contribution is 2.42. The molecule has 2 fully saturated rings. The molecule has 4 rings (SSSR count). The molecule has 1 saturated carbocycles. The van der Waals surface area contributed by atoms with Crippen LogP contribution in [0.3, 0.4) is 0 Å². The van der Waals surface area contributed by atoms with Gasteiger partial charge >= 0.3 is 0 Å². The van der Waals surface area contributed by atoms with Gasteiger partial charge in [0, 0.05) is 5.92 Å². The second-order valence-electron chi connectivity index (χ2n) is 6.59. The average Bonchev–Trinajstić information content (AvgIpc) is 3.28. The fraction of sp³-hybridized carbons (Fsp3) is 0.562. The first-order valence-corrected chi connectivity index (χ1v) is 9.04. The highest BCUT2D eigenvalue weighted by atomic mass is 32.1. The number of likely N-dealkylation sites (tertiary alicyclic amines) is 1. The van der Waals surface area contributed by atoms with Gasteiger partial charge in [-0.3, -0.25) is 24.6 Å². The van der Waals surface area contributed by atoms with E-state index in [1.54, 1.807) is 6.92 Å². The summed E-state index contributed by atoms with van der Waals surface area (Å²) in [7, 11) is 0. The van der Waals surface area contributed by atoms with Crippen LogP contribution in [0.2, 0.25) is 0 Å². The maximum absolute atomic E-state index is 12.5. The van der Waals surface area contributed by atoms with E-state index in [-0.39, 0.29) is 23.7 Å². The van der Waals surface area contributed by atoms with Gasteiger partial charge in [0.2, 0.25) is 22.9 Å². The molecule has 1 saturated heterocycles. The fourth-order valence-electron chi connectivity index (χ4n) is 3.32. The molecule has 3 atom stereocenters. The van der Waals surface area contributed by atoms with Crippen molar-refractivity contribution in [1.82, 2.24) is 15.1 Å². The van der Waals surface area contributed by atoms with Gasteiger partial charge in [0.25, 0.3) is 0 Å². The third-order valence-corrected chi connectivity index (χ3v) is 5.91. The van der Waals surface area contributed by atoms with Gasteiger partial charge < -0.3 is 0 Å². The third kappa shape index (κ3) is 2.54. The Bertz CT molecular complexity index is 713. The van der Waals surface area contributed by atoms with E-state index in [9.17, 15) is 14.4 Å². The molecule has 1 aliphatic heterocycles. The van der Waals surface area contributed by atoms with Crippen molar-refractivity contribution in [2.45, 2.75) is 44.6 Å². The summed E-state index contributed by atoms with van der Waals surface area (Å²) in [6.45, 7) is 1.58. The minimum atomic E-state index is -0.844. The summed E-state index contributed by atoms with van der Waals surface area (Å²) < 4.78 is 0. The Morgan fingerprint density at radius 2 is 1.83 bits per heavy atom. The first kappa shape index (κ1) is 15.4. The lowest BCUT2D eigenvalue weighted by Crippen LogP contribution is -2.46. The van der Waals surface area contributed by atoms with E-state index in [2.05, 4.69) is 15.5 Å². The number of fused-ring (bicyclic) bond motifs is 1. The predicted molar refractivity (Wildman–Crippen MR) is 87.2 cm³/mol. The van der Waals surface area contributed by atoms with Crippen LogP contribution in [-0.4, -0.2) is 38.9 Å². The Hall–Kier alpha value is -2.09. The Morgan fingerprint density at radius 3 is 2.42 bits per heavy atom. The summed E-state index contributed by atoms with van der Waals surface area (Å²) in [4.78, 5) is 38.6. The lowest BCUT2D eigenvalue weighted by Gasteiger charge is -2.21. The number of nitrogens with one attached hydrogen (secondary N) is 1. The second kappa shape index (κ2) is 5.77. The number of carbonyl (C=O) groups excluding carboxylic acids is 3. The van der Waals surface area contributed by atoms with E-state index in [1.807, 2.05) is 12.2 Å². The quantitative estimate of drug-likeness (QED) is 0.662. The van der Waals surface area contributed by atoms with Gasteiger partial charge in [-0.2, -0.15) is 0 Å².